The second kappa shape index (κ2) is 10.2. The van der Waals surface area contributed by atoms with Crippen LogP contribution in [-0.2, 0) is 6.42 Å². The normalized spacial score (nSPS) is 15.2. The molecule has 10 heteroatoms. The number of aryl methyl sites for hydroxylation is 1. The van der Waals surface area contributed by atoms with Gasteiger partial charge in [0.05, 0.1) is 14.2 Å². The van der Waals surface area contributed by atoms with Crippen molar-refractivity contribution < 1.29 is 9.47 Å². The SMILES string of the molecule is COc1cccc(OC)c1-n1c(NSCCc2ccc(Cl)cc2)nnc1C1C=CN(C)N1. The van der Waals surface area contributed by atoms with Gasteiger partial charge in [0, 0.05) is 24.0 Å². The molecule has 2 heterocycles. The van der Waals surface area contributed by atoms with E-state index in [1.165, 1.54) is 5.56 Å². The van der Waals surface area contributed by atoms with E-state index in [1.54, 1.807) is 26.2 Å². The number of methoxy groups -OCH3 is 2. The number of anilines is 1. The quantitative estimate of drug-likeness (QED) is 0.353. The van der Waals surface area contributed by atoms with Gasteiger partial charge in [0.25, 0.3) is 0 Å². The highest BCUT2D eigenvalue weighted by molar-refractivity contribution is 8.00. The molecular formula is C22H25ClN6O2S. The van der Waals surface area contributed by atoms with Crippen molar-refractivity contribution in [3.05, 3.63) is 71.2 Å². The van der Waals surface area contributed by atoms with Gasteiger partial charge in [-0.3, -0.25) is 9.29 Å². The topological polar surface area (TPSA) is 76.5 Å². The summed E-state index contributed by atoms with van der Waals surface area (Å²) in [6, 6.07) is 13.4. The monoisotopic (exact) mass is 472 g/mol. The summed E-state index contributed by atoms with van der Waals surface area (Å²) in [7, 11) is 5.21. The maximum Gasteiger partial charge on any atom is 0.239 e. The van der Waals surface area contributed by atoms with Crippen LogP contribution in [0.25, 0.3) is 5.69 Å². The minimum absolute atomic E-state index is 0.142. The number of rotatable bonds is 9. The lowest BCUT2D eigenvalue weighted by atomic mass is 10.2. The lowest BCUT2D eigenvalue weighted by molar-refractivity contribution is 0.325. The van der Waals surface area contributed by atoms with Crippen molar-refractivity contribution in [2.75, 3.05) is 31.7 Å². The molecule has 0 aliphatic carbocycles. The Kier molecular flexibility index (Phi) is 7.09. The summed E-state index contributed by atoms with van der Waals surface area (Å²) in [5.74, 6) is 3.48. The zero-order valence-corrected chi connectivity index (χ0v) is 19.7. The number of hydrogen-bond donors (Lipinski definition) is 2. The molecular weight excluding hydrogens is 448 g/mol. The van der Waals surface area contributed by atoms with Crippen LogP contribution in [0.1, 0.15) is 17.4 Å². The Balaban J connectivity index is 1.61. The number of aromatic nitrogens is 3. The summed E-state index contributed by atoms with van der Waals surface area (Å²) < 4.78 is 16.6. The van der Waals surface area contributed by atoms with E-state index >= 15 is 0 Å². The van der Waals surface area contributed by atoms with Crippen LogP contribution in [0.3, 0.4) is 0 Å². The third-order valence-electron chi connectivity index (χ3n) is 5.01. The predicted molar refractivity (Wildman–Crippen MR) is 128 cm³/mol. The van der Waals surface area contributed by atoms with E-state index in [-0.39, 0.29) is 6.04 Å². The van der Waals surface area contributed by atoms with Gasteiger partial charge < -0.3 is 14.5 Å². The number of para-hydroxylation sites is 1. The molecule has 3 aromatic rings. The Hall–Kier alpha value is -2.88. The standard InChI is InChI=1S/C22H25ClN6O2S/c1-28-13-11-17(26-28)21-24-25-22(27-32-14-12-15-7-9-16(23)10-8-15)29(21)20-18(30-2)5-4-6-19(20)31-3/h4-11,13,17,26H,12,14H2,1-3H3,(H,25,27). The van der Waals surface area contributed by atoms with Crippen molar-refractivity contribution in [3.8, 4) is 17.2 Å². The van der Waals surface area contributed by atoms with Crippen LogP contribution >= 0.6 is 23.5 Å². The first kappa shape index (κ1) is 22.3. The lowest BCUT2D eigenvalue weighted by Crippen LogP contribution is -2.28. The van der Waals surface area contributed by atoms with E-state index in [0.29, 0.717) is 23.3 Å². The first-order valence-corrected chi connectivity index (χ1v) is 11.4. The van der Waals surface area contributed by atoms with Crippen molar-refractivity contribution in [1.29, 1.82) is 0 Å². The van der Waals surface area contributed by atoms with Gasteiger partial charge in [-0.25, -0.2) is 5.43 Å². The highest BCUT2D eigenvalue weighted by atomic mass is 35.5. The van der Waals surface area contributed by atoms with E-state index in [1.807, 2.05) is 71.4 Å². The molecule has 0 spiro atoms. The number of hydrazine groups is 1. The molecule has 1 unspecified atom stereocenters. The van der Waals surface area contributed by atoms with Crippen LogP contribution < -0.4 is 19.6 Å². The van der Waals surface area contributed by atoms with Crippen LogP contribution in [0, 0.1) is 0 Å². The number of hydrogen-bond acceptors (Lipinski definition) is 8. The maximum atomic E-state index is 5.97. The Morgan fingerprint density at radius 3 is 2.44 bits per heavy atom. The van der Waals surface area contributed by atoms with E-state index in [4.69, 9.17) is 21.1 Å². The second-order valence-electron chi connectivity index (χ2n) is 7.11. The summed E-state index contributed by atoms with van der Waals surface area (Å²) in [6.45, 7) is 0. The third kappa shape index (κ3) is 4.79. The maximum absolute atomic E-state index is 5.97. The molecule has 4 rings (SSSR count). The van der Waals surface area contributed by atoms with Crippen molar-refractivity contribution in [3.63, 3.8) is 0 Å². The fourth-order valence-corrected chi connectivity index (χ4v) is 4.26. The highest BCUT2D eigenvalue weighted by Crippen LogP contribution is 2.37. The van der Waals surface area contributed by atoms with Crippen LogP contribution in [0.5, 0.6) is 11.5 Å². The van der Waals surface area contributed by atoms with E-state index in [2.05, 4.69) is 20.3 Å². The molecule has 0 bridgehead atoms. The second-order valence-corrected chi connectivity index (χ2v) is 8.45. The smallest absolute Gasteiger partial charge is 0.239 e. The summed E-state index contributed by atoms with van der Waals surface area (Å²) in [6.07, 6.45) is 4.88. The zero-order chi connectivity index (χ0) is 22.5. The van der Waals surface area contributed by atoms with Gasteiger partial charge in [-0.15, -0.1) is 10.2 Å². The zero-order valence-electron chi connectivity index (χ0n) is 18.1. The number of halogens is 1. The van der Waals surface area contributed by atoms with Crippen molar-refractivity contribution in [2.24, 2.45) is 0 Å². The molecule has 2 N–H and O–H groups in total. The number of nitrogens with zero attached hydrogens (tertiary/aromatic N) is 4. The fraction of sp³-hybridized carbons (Fsp3) is 0.273. The molecule has 0 radical (unpaired) electrons. The van der Waals surface area contributed by atoms with Crippen LogP contribution in [0.2, 0.25) is 5.02 Å². The molecule has 0 saturated heterocycles. The number of ether oxygens (including phenoxy) is 2. The molecule has 1 aliphatic rings. The molecule has 168 valence electrons. The summed E-state index contributed by atoms with van der Waals surface area (Å²) in [4.78, 5) is 0. The molecule has 2 aromatic carbocycles. The fourth-order valence-electron chi connectivity index (χ4n) is 3.44. The predicted octanol–water partition coefficient (Wildman–Crippen LogP) is 4.25. The molecule has 8 nitrogen and oxygen atoms in total. The Morgan fingerprint density at radius 2 is 1.81 bits per heavy atom. The third-order valence-corrected chi connectivity index (χ3v) is 5.99. The first-order valence-electron chi connectivity index (χ1n) is 10.1. The van der Waals surface area contributed by atoms with Crippen molar-refractivity contribution >= 4 is 29.5 Å². The molecule has 1 aliphatic heterocycles. The van der Waals surface area contributed by atoms with Gasteiger partial charge in [-0.2, -0.15) is 0 Å². The van der Waals surface area contributed by atoms with Gasteiger partial charge in [-0.1, -0.05) is 29.8 Å². The van der Waals surface area contributed by atoms with Gasteiger partial charge in [0.1, 0.15) is 23.2 Å². The minimum Gasteiger partial charge on any atom is -0.494 e. The molecule has 1 atom stereocenters. The lowest BCUT2D eigenvalue weighted by Gasteiger charge is -2.20. The summed E-state index contributed by atoms with van der Waals surface area (Å²) in [5.41, 5.74) is 5.30. The number of nitrogens with one attached hydrogen (secondary N) is 2. The Bertz CT molecular complexity index is 1070. The largest absolute Gasteiger partial charge is 0.494 e. The first-order chi connectivity index (χ1) is 15.6. The van der Waals surface area contributed by atoms with Gasteiger partial charge in [-0.05, 0) is 54.3 Å². The van der Waals surface area contributed by atoms with Crippen molar-refractivity contribution in [2.45, 2.75) is 12.5 Å². The molecule has 1 aromatic heterocycles. The van der Waals surface area contributed by atoms with Crippen LogP contribution in [0.4, 0.5) is 5.95 Å². The highest BCUT2D eigenvalue weighted by Gasteiger charge is 2.27. The Morgan fingerprint density at radius 1 is 1.09 bits per heavy atom. The molecule has 0 fully saturated rings. The van der Waals surface area contributed by atoms with Gasteiger partial charge >= 0.3 is 0 Å². The average molecular weight is 473 g/mol. The molecule has 0 amide bonds. The molecule has 0 saturated carbocycles. The van der Waals surface area contributed by atoms with Crippen molar-refractivity contribution in [1.82, 2.24) is 25.2 Å². The van der Waals surface area contributed by atoms with Gasteiger partial charge in [0.2, 0.25) is 5.95 Å². The molecule has 32 heavy (non-hydrogen) atoms. The van der Waals surface area contributed by atoms with E-state index in [0.717, 1.165) is 22.9 Å². The summed E-state index contributed by atoms with van der Waals surface area (Å²) >= 11 is 7.54. The van der Waals surface area contributed by atoms with Crippen LogP contribution in [0.15, 0.2) is 54.7 Å². The average Bonchev–Trinajstić information content (AvgIpc) is 3.43. The van der Waals surface area contributed by atoms with E-state index < -0.39 is 0 Å². The number of benzene rings is 2. The van der Waals surface area contributed by atoms with Gasteiger partial charge in [0.15, 0.2) is 5.82 Å². The van der Waals surface area contributed by atoms with Crippen LogP contribution in [-0.4, -0.2) is 46.8 Å². The summed E-state index contributed by atoms with van der Waals surface area (Å²) in [5, 5.41) is 11.5. The minimum atomic E-state index is -0.142. The van der Waals surface area contributed by atoms with E-state index in [9.17, 15) is 0 Å². The Labute approximate surface area is 196 Å².